The third-order valence-electron chi connectivity index (χ3n) is 6.35. The third kappa shape index (κ3) is 5.65. The number of carbonyl (C=O) groups excluding carboxylic acids is 2. The highest BCUT2D eigenvalue weighted by atomic mass is 32.1. The molecule has 0 bridgehead atoms. The van der Waals surface area contributed by atoms with Crippen LogP contribution in [0.1, 0.15) is 66.0 Å². The number of nitrogens with zero attached hydrogens (tertiary/aromatic N) is 1. The van der Waals surface area contributed by atoms with Gasteiger partial charge in [-0.15, -0.1) is 11.3 Å². The minimum Gasteiger partial charge on any atom is -0.477 e. The summed E-state index contributed by atoms with van der Waals surface area (Å²) in [5.74, 6) is -2.06. The second-order valence-corrected chi connectivity index (χ2v) is 10.5. The smallest absolute Gasteiger partial charge is 0.352 e. The van der Waals surface area contributed by atoms with Crippen LogP contribution in [0, 0.1) is 27.7 Å². The number of thiazole rings is 1. The number of nitrogens with one attached hydrogen (secondary N) is 2. The molecule has 0 saturated carbocycles. The van der Waals surface area contributed by atoms with Gasteiger partial charge in [-0.05, 0) is 80.3 Å². The van der Waals surface area contributed by atoms with Crippen molar-refractivity contribution >= 4 is 46.0 Å². The molecule has 0 radical (unpaired) electrons. The number of benzene rings is 3. The quantitative estimate of drug-likeness (QED) is 0.260. The number of aromatic nitrogens is 1. The lowest BCUT2D eigenvalue weighted by Gasteiger charge is -2.18. The van der Waals surface area contributed by atoms with Crippen LogP contribution < -0.4 is 10.6 Å². The van der Waals surface area contributed by atoms with Crippen molar-refractivity contribution in [3.8, 4) is 0 Å². The molecule has 3 aromatic carbocycles. The van der Waals surface area contributed by atoms with Crippen LogP contribution in [0.3, 0.4) is 0 Å². The Kier molecular flexibility index (Phi) is 7.73. The summed E-state index contributed by atoms with van der Waals surface area (Å²) in [5, 5.41) is 18.2. The standard InChI is InChI=1S/C30H29N3O4S/c1-16-13-22(28(34)32-18(3)23-12-8-10-21-9-6-7-11-24(21)23)14-17(2)27(16)29(35)33-25(30(36)37)15-26-19(4)31-20(5)38-26/h6-15,18H,1-5H3,(H,32,34)(H,33,35)(H,36,37)/b25-15-/t18-/m1/s1. The van der Waals surface area contributed by atoms with E-state index in [-0.39, 0.29) is 17.6 Å². The molecule has 0 aliphatic rings. The van der Waals surface area contributed by atoms with E-state index in [1.54, 1.807) is 32.9 Å². The molecule has 1 aromatic heterocycles. The van der Waals surface area contributed by atoms with Gasteiger partial charge in [-0.1, -0.05) is 42.5 Å². The average Bonchev–Trinajstić information content (AvgIpc) is 3.18. The molecule has 38 heavy (non-hydrogen) atoms. The molecule has 0 aliphatic heterocycles. The van der Waals surface area contributed by atoms with Gasteiger partial charge in [0.25, 0.3) is 11.8 Å². The van der Waals surface area contributed by atoms with Crippen molar-refractivity contribution in [1.29, 1.82) is 0 Å². The van der Waals surface area contributed by atoms with Crippen molar-refractivity contribution < 1.29 is 19.5 Å². The lowest BCUT2D eigenvalue weighted by Crippen LogP contribution is -2.29. The Morgan fingerprint density at radius 1 is 0.947 bits per heavy atom. The number of aliphatic carboxylic acids is 1. The molecule has 3 N–H and O–H groups in total. The van der Waals surface area contributed by atoms with E-state index in [1.807, 2.05) is 56.3 Å². The summed E-state index contributed by atoms with van der Waals surface area (Å²) < 4.78 is 0. The predicted molar refractivity (Wildman–Crippen MR) is 150 cm³/mol. The lowest BCUT2D eigenvalue weighted by molar-refractivity contribution is -0.132. The molecule has 8 heteroatoms. The molecule has 4 rings (SSSR count). The highest BCUT2D eigenvalue weighted by molar-refractivity contribution is 7.12. The van der Waals surface area contributed by atoms with Crippen LogP contribution in [0.25, 0.3) is 16.8 Å². The van der Waals surface area contributed by atoms with E-state index in [9.17, 15) is 19.5 Å². The first-order valence-electron chi connectivity index (χ1n) is 12.1. The van der Waals surface area contributed by atoms with Crippen LogP contribution in [-0.4, -0.2) is 27.9 Å². The van der Waals surface area contributed by atoms with Crippen LogP contribution in [0.4, 0.5) is 0 Å². The van der Waals surface area contributed by atoms with E-state index >= 15 is 0 Å². The van der Waals surface area contributed by atoms with Crippen molar-refractivity contribution in [2.75, 3.05) is 0 Å². The normalized spacial score (nSPS) is 12.3. The highest BCUT2D eigenvalue weighted by Gasteiger charge is 2.21. The molecule has 0 spiro atoms. The zero-order valence-corrected chi connectivity index (χ0v) is 22.7. The number of hydrogen-bond acceptors (Lipinski definition) is 5. The molecule has 7 nitrogen and oxygen atoms in total. The molecular formula is C30H29N3O4S. The van der Waals surface area contributed by atoms with Crippen LogP contribution >= 0.6 is 11.3 Å². The van der Waals surface area contributed by atoms with Crippen molar-refractivity contribution in [3.63, 3.8) is 0 Å². The summed E-state index contributed by atoms with van der Waals surface area (Å²) >= 11 is 1.35. The van der Waals surface area contributed by atoms with Crippen LogP contribution in [0.5, 0.6) is 0 Å². The van der Waals surface area contributed by atoms with E-state index in [4.69, 9.17) is 0 Å². The van der Waals surface area contributed by atoms with Crippen molar-refractivity contribution in [3.05, 3.63) is 104 Å². The third-order valence-corrected chi connectivity index (χ3v) is 7.37. The molecule has 4 aromatic rings. The molecule has 0 unspecified atom stereocenters. The first-order valence-corrected chi connectivity index (χ1v) is 13.0. The van der Waals surface area contributed by atoms with Gasteiger partial charge in [0.2, 0.25) is 0 Å². The topological polar surface area (TPSA) is 108 Å². The zero-order chi connectivity index (χ0) is 27.6. The van der Waals surface area contributed by atoms with Gasteiger partial charge in [0.05, 0.1) is 21.6 Å². The molecule has 194 valence electrons. The number of fused-ring (bicyclic) bond motifs is 1. The van der Waals surface area contributed by atoms with Gasteiger partial charge in [-0.3, -0.25) is 9.59 Å². The molecule has 2 amide bonds. The fourth-order valence-electron chi connectivity index (χ4n) is 4.59. The van der Waals surface area contributed by atoms with Crippen molar-refractivity contribution in [1.82, 2.24) is 15.6 Å². The van der Waals surface area contributed by atoms with Crippen LogP contribution in [-0.2, 0) is 4.79 Å². The first kappa shape index (κ1) is 26.8. The van der Waals surface area contributed by atoms with E-state index in [0.717, 1.165) is 21.3 Å². The minimum atomic E-state index is -1.25. The fourth-order valence-corrected chi connectivity index (χ4v) is 5.46. The SMILES string of the molecule is Cc1nc(C)c(/C=C(\NC(=O)c2c(C)cc(C(=O)N[C@H](C)c3cccc4ccccc34)cc2C)C(=O)O)s1. The summed E-state index contributed by atoms with van der Waals surface area (Å²) in [6, 6.07) is 17.1. The van der Waals surface area contributed by atoms with Gasteiger partial charge in [0.15, 0.2) is 0 Å². The Hall–Kier alpha value is -4.30. The van der Waals surface area contributed by atoms with Gasteiger partial charge < -0.3 is 15.7 Å². The maximum atomic E-state index is 13.2. The van der Waals surface area contributed by atoms with Gasteiger partial charge >= 0.3 is 5.97 Å². The number of aryl methyl sites for hydroxylation is 4. The molecular weight excluding hydrogens is 498 g/mol. The fraction of sp³-hybridized carbons (Fsp3) is 0.200. The number of amides is 2. The van der Waals surface area contributed by atoms with Gasteiger partial charge in [-0.2, -0.15) is 0 Å². The Bertz CT molecular complexity index is 1570. The van der Waals surface area contributed by atoms with Gasteiger partial charge in [0.1, 0.15) is 5.70 Å². The Morgan fingerprint density at radius 2 is 1.61 bits per heavy atom. The molecule has 1 heterocycles. The summed E-state index contributed by atoms with van der Waals surface area (Å²) in [4.78, 5) is 43.1. The Morgan fingerprint density at radius 3 is 2.24 bits per heavy atom. The van der Waals surface area contributed by atoms with E-state index in [1.165, 1.54) is 17.4 Å². The van der Waals surface area contributed by atoms with E-state index in [0.29, 0.717) is 32.8 Å². The highest BCUT2D eigenvalue weighted by Crippen LogP contribution is 2.25. The number of rotatable bonds is 7. The van der Waals surface area contributed by atoms with Crippen LogP contribution in [0.2, 0.25) is 0 Å². The maximum Gasteiger partial charge on any atom is 0.352 e. The Labute approximate surface area is 225 Å². The first-order chi connectivity index (χ1) is 18.0. The Balaban J connectivity index is 1.55. The molecule has 1 atom stereocenters. The number of carboxylic acids is 1. The largest absolute Gasteiger partial charge is 0.477 e. The van der Waals surface area contributed by atoms with Crippen molar-refractivity contribution in [2.24, 2.45) is 0 Å². The number of hydrogen-bond donors (Lipinski definition) is 3. The van der Waals surface area contributed by atoms with E-state index < -0.39 is 11.9 Å². The lowest BCUT2D eigenvalue weighted by atomic mass is 9.97. The molecule has 0 aliphatic carbocycles. The zero-order valence-electron chi connectivity index (χ0n) is 21.9. The van der Waals surface area contributed by atoms with Crippen LogP contribution in [0.15, 0.2) is 60.3 Å². The average molecular weight is 528 g/mol. The summed E-state index contributed by atoms with van der Waals surface area (Å²) in [7, 11) is 0. The van der Waals surface area contributed by atoms with E-state index in [2.05, 4.69) is 15.6 Å². The monoisotopic (exact) mass is 527 g/mol. The van der Waals surface area contributed by atoms with Crippen molar-refractivity contribution in [2.45, 2.75) is 40.7 Å². The minimum absolute atomic E-state index is 0.237. The predicted octanol–water partition coefficient (Wildman–Crippen LogP) is 5.88. The maximum absolute atomic E-state index is 13.2. The number of carboxylic acid groups (broad SMARTS) is 1. The second kappa shape index (κ2) is 11.0. The summed E-state index contributed by atoms with van der Waals surface area (Å²) in [6.07, 6.45) is 1.42. The summed E-state index contributed by atoms with van der Waals surface area (Å²) in [6.45, 7) is 9.02. The molecule has 0 fully saturated rings. The number of carbonyl (C=O) groups is 3. The molecule has 0 saturated heterocycles. The summed E-state index contributed by atoms with van der Waals surface area (Å²) in [5.41, 5.74) is 3.36. The van der Waals surface area contributed by atoms with Gasteiger partial charge in [0, 0.05) is 11.1 Å². The second-order valence-electron chi connectivity index (χ2n) is 9.25. The van der Waals surface area contributed by atoms with Gasteiger partial charge in [-0.25, -0.2) is 9.78 Å².